The maximum atomic E-state index is 11.9. The molecule has 23 heavy (non-hydrogen) atoms. The van der Waals surface area contributed by atoms with Crippen LogP contribution in [-0.2, 0) is 14.3 Å². The largest absolute Gasteiger partial charge is 0.377 e. The number of carbonyl (C=O) groups is 2. The van der Waals surface area contributed by atoms with Crippen molar-refractivity contribution < 1.29 is 14.3 Å². The maximum absolute atomic E-state index is 11.9. The van der Waals surface area contributed by atoms with E-state index in [4.69, 9.17) is 4.74 Å². The Morgan fingerprint density at radius 1 is 1.17 bits per heavy atom. The van der Waals surface area contributed by atoms with E-state index in [0.717, 1.165) is 25.1 Å². The fraction of sp³-hybridized carbons (Fsp3) is 0.529. The summed E-state index contributed by atoms with van der Waals surface area (Å²) in [5, 5.41) is 8.73. The van der Waals surface area contributed by atoms with E-state index in [-0.39, 0.29) is 30.4 Å². The molecular formula is C17H25N3O3. The van der Waals surface area contributed by atoms with E-state index in [9.17, 15) is 9.59 Å². The highest BCUT2D eigenvalue weighted by molar-refractivity contribution is 5.94. The molecule has 6 nitrogen and oxygen atoms in total. The molecule has 1 aliphatic rings. The molecule has 0 aromatic heterocycles. The summed E-state index contributed by atoms with van der Waals surface area (Å²) >= 11 is 0. The Morgan fingerprint density at radius 2 is 1.83 bits per heavy atom. The summed E-state index contributed by atoms with van der Waals surface area (Å²) in [6.45, 7) is 5.46. The van der Waals surface area contributed by atoms with Crippen LogP contribution >= 0.6 is 0 Å². The summed E-state index contributed by atoms with van der Waals surface area (Å²) in [5.41, 5.74) is 1.43. The molecule has 2 amide bonds. The third kappa shape index (κ3) is 6.00. The first-order chi connectivity index (χ1) is 11.0. The normalized spacial score (nSPS) is 17.3. The van der Waals surface area contributed by atoms with Gasteiger partial charge in [0.05, 0.1) is 12.6 Å². The van der Waals surface area contributed by atoms with Crippen molar-refractivity contribution in [2.75, 3.05) is 30.3 Å². The Hall–Kier alpha value is -1.92. The van der Waals surface area contributed by atoms with Gasteiger partial charge in [-0.15, -0.1) is 0 Å². The summed E-state index contributed by atoms with van der Waals surface area (Å²) in [6, 6.07) is 7.09. The van der Waals surface area contributed by atoms with E-state index in [0.29, 0.717) is 12.2 Å². The van der Waals surface area contributed by atoms with Gasteiger partial charge >= 0.3 is 0 Å². The number of anilines is 2. The minimum Gasteiger partial charge on any atom is -0.377 e. The van der Waals surface area contributed by atoms with Crippen molar-refractivity contribution in [2.24, 2.45) is 5.92 Å². The van der Waals surface area contributed by atoms with Gasteiger partial charge in [0.25, 0.3) is 0 Å². The number of carbonyl (C=O) groups excluding carboxylic acids is 2. The van der Waals surface area contributed by atoms with Crippen molar-refractivity contribution in [3.8, 4) is 0 Å². The van der Waals surface area contributed by atoms with Crippen molar-refractivity contribution in [3.05, 3.63) is 24.3 Å². The molecular weight excluding hydrogens is 294 g/mol. The lowest BCUT2D eigenvalue weighted by Crippen LogP contribution is -2.33. The van der Waals surface area contributed by atoms with E-state index < -0.39 is 0 Å². The minimum absolute atomic E-state index is 0.0277. The molecule has 1 heterocycles. The first-order valence-electron chi connectivity index (χ1n) is 8.07. The second-order valence-corrected chi connectivity index (χ2v) is 6.04. The SMILES string of the molecule is CC(C)C(=O)Nc1ccc(NC(=O)CNCC2CCCO2)cc1. The van der Waals surface area contributed by atoms with Gasteiger partial charge in [-0.3, -0.25) is 9.59 Å². The summed E-state index contributed by atoms with van der Waals surface area (Å²) in [7, 11) is 0. The molecule has 1 saturated heterocycles. The molecule has 1 aromatic carbocycles. The van der Waals surface area contributed by atoms with Crippen molar-refractivity contribution in [1.29, 1.82) is 0 Å². The van der Waals surface area contributed by atoms with Crippen LogP contribution in [0.1, 0.15) is 26.7 Å². The van der Waals surface area contributed by atoms with Crippen molar-refractivity contribution in [3.63, 3.8) is 0 Å². The fourth-order valence-electron chi connectivity index (χ4n) is 2.28. The topological polar surface area (TPSA) is 79.5 Å². The van der Waals surface area contributed by atoms with Gasteiger partial charge in [0.2, 0.25) is 11.8 Å². The molecule has 1 aromatic rings. The smallest absolute Gasteiger partial charge is 0.238 e. The van der Waals surface area contributed by atoms with Gasteiger partial charge in [-0.2, -0.15) is 0 Å². The number of nitrogens with one attached hydrogen (secondary N) is 3. The van der Waals surface area contributed by atoms with Crippen LogP contribution in [0.2, 0.25) is 0 Å². The molecule has 0 radical (unpaired) electrons. The molecule has 1 unspecified atom stereocenters. The first-order valence-corrected chi connectivity index (χ1v) is 8.07. The Balaban J connectivity index is 1.71. The van der Waals surface area contributed by atoms with E-state index in [1.807, 2.05) is 13.8 Å². The van der Waals surface area contributed by atoms with E-state index in [2.05, 4.69) is 16.0 Å². The Morgan fingerprint density at radius 3 is 2.39 bits per heavy atom. The van der Waals surface area contributed by atoms with E-state index in [1.165, 1.54) is 0 Å². The standard InChI is InChI=1S/C17H25N3O3/c1-12(2)17(22)20-14-7-5-13(6-8-14)19-16(21)11-18-10-15-4-3-9-23-15/h5-8,12,15,18H,3-4,9-11H2,1-2H3,(H,19,21)(H,20,22). The summed E-state index contributed by atoms with van der Waals surface area (Å²) < 4.78 is 5.49. The number of hydrogen-bond donors (Lipinski definition) is 3. The zero-order valence-electron chi connectivity index (χ0n) is 13.7. The molecule has 3 N–H and O–H groups in total. The van der Waals surface area contributed by atoms with Gasteiger partial charge in [0, 0.05) is 30.4 Å². The van der Waals surface area contributed by atoms with E-state index >= 15 is 0 Å². The summed E-state index contributed by atoms with van der Waals surface area (Å²) in [6.07, 6.45) is 2.38. The second kappa shape index (κ2) is 8.64. The van der Waals surface area contributed by atoms with Crippen LogP contribution in [0.15, 0.2) is 24.3 Å². The van der Waals surface area contributed by atoms with Crippen LogP contribution in [0.4, 0.5) is 11.4 Å². The van der Waals surface area contributed by atoms with Crippen LogP contribution < -0.4 is 16.0 Å². The van der Waals surface area contributed by atoms with Gasteiger partial charge in [0.1, 0.15) is 0 Å². The molecule has 1 atom stereocenters. The lowest BCUT2D eigenvalue weighted by Gasteiger charge is -2.11. The third-order valence-electron chi connectivity index (χ3n) is 3.64. The monoisotopic (exact) mass is 319 g/mol. The fourth-order valence-corrected chi connectivity index (χ4v) is 2.28. The van der Waals surface area contributed by atoms with Crippen LogP contribution in [-0.4, -0.2) is 37.6 Å². The first kappa shape index (κ1) is 17.4. The lowest BCUT2D eigenvalue weighted by molar-refractivity contribution is -0.119. The lowest BCUT2D eigenvalue weighted by atomic mass is 10.2. The molecule has 0 spiro atoms. The predicted molar refractivity (Wildman–Crippen MR) is 90.4 cm³/mol. The Labute approximate surface area is 137 Å². The number of hydrogen-bond acceptors (Lipinski definition) is 4. The van der Waals surface area contributed by atoms with Crippen LogP contribution in [0.3, 0.4) is 0 Å². The van der Waals surface area contributed by atoms with Crippen molar-refractivity contribution in [2.45, 2.75) is 32.8 Å². The number of amides is 2. The summed E-state index contributed by atoms with van der Waals surface area (Å²) in [5.74, 6) is -0.189. The van der Waals surface area contributed by atoms with Gasteiger partial charge in [0.15, 0.2) is 0 Å². The molecule has 2 rings (SSSR count). The quantitative estimate of drug-likeness (QED) is 0.718. The zero-order valence-corrected chi connectivity index (χ0v) is 13.7. The van der Waals surface area contributed by atoms with Gasteiger partial charge < -0.3 is 20.7 Å². The van der Waals surface area contributed by atoms with Gasteiger partial charge in [-0.1, -0.05) is 13.8 Å². The molecule has 0 bridgehead atoms. The van der Waals surface area contributed by atoms with E-state index in [1.54, 1.807) is 24.3 Å². The van der Waals surface area contributed by atoms with Gasteiger partial charge in [-0.05, 0) is 37.1 Å². The minimum atomic E-state index is -0.0954. The third-order valence-corrected chi connectivity index (χ3v) is 3.64. The second-order valence-electron chi connectivity index (χ2n) is 6.04. The average Bonchev–Trinajstić information content (AvgIpc) is 3.02. The predicted octanol–water partition coefficient (Wildman–Crippen LogP) is 1.99. The Bertz CT molecular complexity index is 522. The van der Waals surface area contributed by atoms with Crippen molar-refractivity contribution >= 4 is 23.2 Å². The maximum Gasteiger partial charge on any atom is 0.238 e. The molecule has 1 aliphatic heterocycles. The Kier molecular flexibility index (Phi) is 6.55. The van der Waals surface area contributed by atoms with Crippen LogP contribution in [0, 0.1) is 5.92 Å². The molecule has 0 aliphatic carbocycles. The van der Waals surface area contributed by atoms with Gasteiger partial charge in [-0.25, -0.2) is 0 Å². The number of benzene rings is 1. The highest BCUT2D eigenvalue weighted by Crippen LogP contribution is 2.14. The number of rotatable bonds is 7. The molecule has 0 saturated carbocycles. The average molecular weight is 319 g/mol. The molecule has 126 valence electrons. The highest BCUT2D eigenvalue weighted by atomic mass is 16.5. The summed E-state index contributed by atoms with van der Waals surface area (Å²) in [4.78, 5) is 23.5. The molecule has 1 fully saturated rings. The van der Waals surface area contributed by atoms with Crippen LogP contribution in [0.5, 0.6) is 0 Å². The number of ether oxygens (including phenoxy) is 1. The molecule has 6 heteroatoms. The zero-order chi connectivity index (χ0) is 16.7. The highest BCUT2D eigenvalue weighted by Gasteiger charge is 2.15. The van der Waals surface area contributed by atoms with Crippen molar-refractivity contribution in [1.82, 2.24) is 5.32 Å². The van der Waals surface area contributed by atoms with Crippen LogP contribution in [0.25, 0.3) is 0 Å².